The largest absolute Gasteiger partial charge is 0.365 e. The van der Waals surface area contributed by atoms with E-state index in [0.29, 0.717) is 21.6 Å². The van der Waals surface area contributed by atoms with E-state index < -0.39 is 24.1 Å². The third-order valence-electron chi connectivity index (χ3n) is 4.86. The molecular formula is C19H18F2N4O2S. The first-order valence-corrected chi connectivity index (χ1v) is 9.79. The first-order valence-electron chi connectivity index (χ1n) is 8.97. The van der Waals surface area contributed by atoms with Crippen molar-refractivity contribution in [2.45, 2.75) is 38.5 Å². The number of thiophene rings is 1. The Morgan fingerprint density at radius 1 is 1.21 bits per heavy atom. The molecule has 0 unspecified atom stereocenters. The van der Waals surface area contributed by atoms with Crippen LogP contribution in [0.4, 0.5) is 13.8 Å². The average molecular weight is 404 g/mol. The van der Waals surface area contributed by atoms with Crippen LogP contribution < -0.4 is 11.1 Å². The number of nitrogens with one attached hydrogen (secondary N) is 2. The molecule has 0 atom stereocenters. The van der Waals surface area contributed by atoms with E-state index in [0.717, 1.165) is 42.5 Å². The molecule has 2 amide bonds. The van der Waals surface area contributed by atoms with Gasteiger partial charge in [-0.3, -0.25) is 9.59 Å². The van der Waals surface area contributed by atoms with Gasteiger partial charge in [0.25, 0.3) is 18.2 Å². The van der Waals surface area contributed by atoms with Crippen LogP contribution >= 0.6 is 11.3 Å². The lowest BCUT2D eigenvalue weighted by Gasteiger charge is -2.06. The van der Waals surface area contributed by atoms with Crippen LogP contribution in [0.5, 0.6) is 0 Å². The van der Waals surface area contributed by atoms with Gasteiger partial charge in [-0.2, -0.15) is 0 Å². The molecule has 0 spiro atoms. The number of hydrogen-bond donors (Lipinski definition) is 3. The van der Waals surface area contributed by atoms with Gasteiger partial charge < -0.3 is 16.0 Å². The number of hydrogen-bond acceptors (Lipinski definition) is 4. The predicted octanol–water partition coefficient (Wildman–Crippen LogP) is 4.18. The molecule has 6 nitrogen and oxygen atoms in total. The fourth-order valence-corrected chi connectivity index (χ4v) is 4.83. The zero-order valence-electron chi connectivity index (χ0n) is 14.9. The molecule has 1 aliphatic carbocycles. The highest BCUT2D eigenvalue weighted by Crippen LogP contribution is 2.37. The molecule has 0 fully saturated rings. The van der Waals surface area contributed by atoms with Crippen molar-refractivity contribution in [3.05, 3.63) is 45.6 Å². The Morgan fingerprint density at radius 3 is 2.75 bits per heavy atom. The Balaban J connectivity index is 1.65. The SMILES string of the molecule is NC(=O)c1c(NC(=O)c2ccc3nc(C(F)F)[nH]c3c2)sc2c1CCCCC2. The maximum absolute atomic E-state index is 12.8. The van der Waals surface area contributed by atoms with Crippen molar-refractivity contribution in [1.29, 1.82) is 0 Å². The maximum Gasteiger partial charge on any atom is 0.295 e. The molecule has 1 aromatic carbocycles. The number of rotatable bonds is 4. The molecule has 0 saturated carbocycles. The summed E-state index contributed by atoms with van der Waals surface area (Å²) >= 11 is 1.39. The van der Waals surface area contributed by atoms with E-state index in [1.807, 2.05) is 0 Å². The number of primary amides is 1. The van der Waals surface area contributed by atoms with Crippen molar-refractivity contribution in [3.63, 3.8) is 0 Å². The number of imidazole rings is 1. The summed E-state index contributed by atoms with van der Waals surface area (Å²) in [6.07, 6.45) is 2.06. The third-order valence-corrected chi connectivity index (χ3v) is 6.07. The number of aryl methyl sites for hydroxylation is 1. The van der Waals surface area contributed by atoms with Crippen LogP contribution in [-0.4, -0.2) is 21.8 Å². The molecule has 0 radical (unpaired) electrons. The highest BCUT2D eigenvalue weighted by Gasteiger charge is 2.24. The van der Waals surface area contributed by atoms with Crippen LogP contribution in [0.25, 0.3) is 11.0 Å². The number of halogens is 2. The van der Waals surface area contributed by atoms with Crippen molar-refractivity contribution < 1.29 is 18.4 Å². The van der Waals surface area contributed by atoms with Gasteiger partial charge in [-0.1, -0.05) is 6.42 Å². The van der Waals surface area contributed by atoms with Gasteiger partial charge in [-0.15, -0.1) is 11.3 Å². The highest BCUT2D eigenvalue weighted by atomic mass is 32.1. The standard InChI is InChI=1S/C19H18F2N4O2S/c20-15(21)17-23-11-7-6-9(8-12(11)24-17)18(27)25-19-14(16(22)26)10-4-2-1-3-5-13(10)28-19/h6-8,15H,1-5H2,(H2,22,26)(H,23,24)(H,25,27). The van der Waals surface area contributed by atoms with E-state index in [2.05, 4.69) is 15.3 Å². The molecule has 4 N–H and O–H groups in total. The topological polar surface area (TPSA) is 101 Å². The summed E-state index contributed by atoms with van der Waals surface area (Å²) in [5.74, 6) is -1.43. The maximum atomic E-state index is 12.8. The zero-order chi connectivity index (χ0) is 19.8. The number of carbonyl (C=O) groups is 2. The minimum Gasteiger partial charge on any atom is -0.365 e. The average Bonchev–Trinajstić information content (AvgIpc) is 3.15. The number of nitrogens with two attached hydrogens (primary N) is 1. The summed E-state index contributed by atoms with van der Waals surface area (Å²) in [6.45, 7) is 0. The molecule has 28 heavy (non-hydrogen) atoms. The first kappa shape index (κ1) is 18.5. The molecule has 0 saturated heterocycles. The molecule has 3 aromatic rings. The minimum absolute atomic E-state index is 0.274. The second-order valence-corrected chi connectivity index (χ2v) is 7.85. The molecule has 2 aromatic heterocycles. The zero-order valence-corrected chi connectivity index (χ0v) is 15.7. The summed E-state index contributed by atoms with van der Waals surface area (Å²) in [5.41, 5.74) is 7.89. The van der Waals surface area contributed by atoms with Crippen LogP contribution in [0.2, 0.25) is 0 Å². The fourth-order valence-electron chi connectivity index (χ4n) is 3.54. The van der Waals surface area contributed by atoms with Gasteiger partial charge in [-0.25, -0.2) is 13.8 Å². The van der Waals surface area contributed by atoms with Gasteiger partial charge in [0.1, 0.15) is 5.00 Å². The number of benzene rings is 1. The Morgan fingerprint density at radius 2 is 2.00 bits per heavy atom. The van der Waals surface area contributed by atoms with Gasteiger partial charge in [0.15, 0.2) is 5.82 Å². The molecule has 1 aliphatic rings. The summed E-state index contributed by atoms with van der Waals surface area (Å²) in [4.78, 5) is 32.1. The van der Waals surface area contributed by atoms with Crippen LogP contribution in [0.15, 0.2) is 18.2 Å². The van der Waals surface area contributed by atoms with E-state index in [1.54, 1.807) is 0 Å². The number of aromatic nitrogens is 2. The van der Waals surface area contributed by atoms with Crippen molar-refractivity contribution in [1.82, 2.24) is 9.97 Å². The summed E-state index contributed by atoms with van der Waals surface area (Å²) in [7, 11) is 0. The van der Waals surface area contributed by atoms with Crippen LogP contribution in [-0.2, 0) is 12.8 Å². The van der Waals surface area contributed by atoms with Crippen LogP contribution in [0.3, 0.4) is 0 Å². The van der Waals surface area contributed by atoms with Crippen molar-refractivity contribution in [2.24, 2.45) is 5.73 Å². The van der Waals surface area contributed by atoms with Gasteiger partial charge in [-0.05, 0) is 49.4 Å². The Labute approximate surface area is 163 Å². The smallest absolute Gasteiger partial charge is 0.295 e. The summed E-state index contributed by atoms with van der Waals surface area (Å²) in [6, 6.07) is 4.48. The van der Waals surface area contributed by atoms with E-state index in [4.69, 9.17) is 5.73 Å². The Kier molecular flexibility index (Phi) is 4.84. The quantitative estimate of drug-likeness (QED) is 0.569. The lowest BCUT2D eigenvalue weighted by Crippen LogP contribution is -2.18. The molecule has 0 aliphatic heterocycles. The highest BCUT2D eigenvalue weighted by molar-refractivity contribution is 7.17. The number of alkyl halides is 2. The number of carbonyl (C=O) groups excluding carboxylic acids is 2. The van der Waals surface area contributed by atoms with Gasteiger partial charge >= 0.3 is 0 Å². The first-order chi connectivity index (χ1) is 13.4. The summed E-state index contributed by atoms with van der Waals surface area (Å²) in [5, 5.41) is 3.22. The van der Waals surface area contributed by atoms with Crippen LogP contribution in [0.1, 0.15) is 62.7 Å². The van der Waals surface area contributed by atoms with Gasteiger partial charge in [0.05, 0.1) is 16.6 Å². The van der Waals surface area contributed by atoms with E-state index in [-0.39, 0.29) is 5.56 Å². The number of H-pyrrole nitrogens is 1. The Hall–Kier alpha value is -2.81. The molecule has 4 rings (SSSR count). The monoisotopic (exact) mass is 404 g/mol. The number of amides is 2. The third kappa shape index (κ3) is 3.37. The second-order valence-electron chi connectivity index (χ2n) is 6.74. The van der Waals surface area contributed by atoms with E-state index in [9.17, 15) is 18.4 Å². The lowest BCUT2D eigenvalue weighted by atomic mass is 10.1. The van der Waals surface area contributed by atoms with E-state index >= 15 is 0 Å². The van der Waals surface area contributed by atoms with E-state index in [1.165, 1.54) is 29.5 Å². The normalized spacial score (nSPS) is 14.1. The Bertz CT molecular complexity index is 1070. The number of aromatic amines is 1. The number of nitrogens with zero attached hydrogens (tertiary/aromatic N) is 1. The molecule has 0 bridgehead atoms. The number of fused-ring (bicyclic) bond motifs is 2. The molecule has 9 heteroatoms. The summed E-state index contributed by atoms with van der Waals surface area (Å²) < 4.78 is 25.6. The molecule has 146 valence electrons. The second kappa shape index (κ2) is 7.31. The van der Waals surface area contributed by atoms with Gasteiger partial charge in [0, 0.05) is 10.4 Å². The lowest BCUT2D eigenvalue weighted by molar-refractivity contribution is 0.100. The van der Waals surface area contributed by atoms with Gasteiger partial charge in [0.2, 0.25) is 0 Å². The minimum atomic E-state index is -2.72. The molecular weight excluding hydrogens is 386 g/mol. The fraction of sp³-hybridized carbons (Fsp3) is 0.316. The van der Waals surface area contributed by atoms with Crippen LogP contribution in [0, 0.1) is 0 Å². The predicted molar refractivity (Wildman–Crippen MR) is 103 cm³/mol. The number of anilines is 1. The van der Waals surface area contributed by atoms with Crippen molar-refractivity contribution in [3.8, 4) is 0 Å². The van der Waals surface area contributed by atoms with Crippen molar-refractivity contribution >= 4 is 39.2 Å². The van der Waals surface area contributed by atoms with Crippen molar-refractivity contribution in [2.75, 3.05) is 5.32 Å². The molecule has 2 heterocycles.